The molecule has 0 saturated heterocycles. The fourth-order valence-corrected chi connectivity index (χ4v) is 8.61. The third-order valence-electron chi connectivity index (χ3n) is 10.1. The van der Waals surface area contributed by atoms with Gasteiger partial charge in [0, 0.05) is 47.1 Å². The molecule has 0 aromatic carbocycles. The first-order chi connectivity index (χ1) is 27.5. The predicted octanol–water partition coefficient (Wildman–Crippen LogP) is 8.52. The fraction of sp³-hybridized carbons (Fsp3) is 0.500. The maximum absolute atomic E-state index is 13.7. The number of nitriles is 2. The minimum Gasteiger partial charge on any atom is -0.378 e. The van der Waals surface area contributed by atoms with Gasteiger partial charge in [0.15, 0.2) is 0 Å². The Morgan fingerprint density at radius 1 is 0.596 bits per heavy atom. The van der Waals surface area contributed by atoms with E-state index in [-0.39, 0.29) is 48.6 Å². The van der Waals surface area contributed by atoms with E-state index in [4.69, 9.17) is 4.74 Å². The highest BCUT2D eigenvalue weighted by atomic mass is 32.1. The maximum atomic E-state index is 13.7. The number of rotatable bonds is 22. The summed E-state index contributed by atoms with van der Waals surface area (Å²) in [4.78, 5) is 62.5. The minimum atomic E-state index is -0.691. The molecule has 0 aliphatic carbocycles. The highest BCUT2D eigenvalue weighted by Gasteiger charge is 2.37. The van der Waals surface area contributed by atoms with E-state index in [1.165, 1.54) is 0 Å². The van der Waals surface area contributed by atoms with Crippen LogP contribution in [0.25, 0.3) is 12.2 Å². The van der Waals surface area contributed by atoms with Crippen molar-refractivity contribution in [2.45, 2.75) is 92.9 Å². The van der Waals surface area contributed by atoms with Gasteiger partial charge in [0.1, 0.15) is 23.3 Å². The van der Waals surface area contributed by atoms with Gasteiger partial charge in [0.05, 0.1) is 36.3 Å². The zero-order chi connectivity index (χ0) is 41.5. The monoisotopic (exact) mass is 812 g/mol. The minimum absolute atomic E-state index is 0.0844. The lowest BCUT2D eigenvalue weighted by Gasteiger charge is -2.28. The van der Waals surface area contributed by atoms with Crippen LogP contribution >= 0.6 is 22.7 Å². The lowest BCUT2D eigenvalue weighted by Crippen LogP contribution is -2.45. The van der Waals surface area contributed by atoms with E-state index in [0.29, 0.717) is 11.1 Å². The molecule has 0 bridgehead atoms. The van der Waals surface area contributed by atoms with Gasteiger partial charge in [-0.1, -0.05) is 53.4 Å². The molecule has 2 aliphatic heterocycles. The van der Waals surface area contributed by atoms with Gasteiger partial charge in [-0.15, -0.1) is 22.7 Å². The Balaban J connectivity index is 1.44. The lowest BCUT2D eigenvalue weighted by atomic mass is 9.95. The summed E-state index contributed by atoms with van der Waals surface area (Å²) < 4.78 is 5.78. The Bertz CT molecular complexity index is 1830. The second-order valence-electron chi connectivity index (χ2n) is 14.2. The molecule has 11 nitrogen and oxygen atoms in total. The number of thiophene rings is 2. The van der Waals surface area contributed by atoms with Crippen LogP contribution < -0.4 is 9.80 Å². The average molecular weight is 813 g/mol. The van der Waals surface area contributed by atoms with Crippen molar-refractivity contribution in [3.05, 3.63) is 67.5 Å². The van der Waals surface area contributed by atoms with Crippen molar-refractivity contribution in [2.24, 2.45) is 0 Å². The van der Waals surface area contributed by atoms with Crippen LogP contribution in [0.5, 0.6) is 0 Å². The van der Waals surface area contributed by atoms with Gasteiger partial charge >= 0.3 is 0 Å². The van der Waals surface area contributed by atoms with Crippen molar-refractivity contribution in [3.63, 3.8) is 0 Å². The zero-order valence-corrected chi connectivity index (χ0v) is 36.0. The van der Waals surface area contributed by atoms with E-state index < -0.39 is 23.6 Å². The molecule has 0 spiro atoms. The van der Waals surface area contributed by atoms with Crippen LogP contribution in [0.1, 0.15) is 103 Å². The number of hydrogen-bond donors (Lipinski definition) is 0. The average Bonchev–Trinajstić information content (AvgIpc) is 3.88. The van der Waals surface area contributed by atoms with Gasteiger partial charge in [-0.05, 0) is 87.1 Å². The molecular weight excluding hydrogens is 757 g/mol. The first-order valence-electron chi connectivity index (χ1n) is 20.2. The Morgan fingerprint density at radius 2 is 0.947 bits per heavy atom. The van der Waals surface area contributed by atoms with Gasteiger partial charge in [-0.3, -0.25) is 29.0 Å². The Kier molecular flexibility index (Phi) is 17.5. The molecule has 0 saturated carbocycles. The van der Waals surface area contributed by atoms with Crippen LogP contribution in [0.4, 0.5) is 10.0 Å². The van der Waals surface area contributed by atoms with Crippen LogP contribution in [0.2, 0.25) is 0 Å². The first-order valence-corrected chi connectivity index (χ1v) is 21.8. The number of unbranched alkanes of at least 4 members (excludes halogenated alkanes) is 4. The molecule has 2 aromatic heterocycles. The fourth-order valence-electron chi connectivity index (χ4n) is 6.60. The summed E-state index contributed by atoms with van der Waals surface area (Å²) in [5.74, 6) is -2.42. The Labute approximate surface area is 346 Å². The Hall–Kier alpha value is -4.82. The van der Waals surface area contributed by atoms with E-state index in [9.17, 15) is 29.7 Å². The summed E-state index contributed by atoms with van der Waals surface area (Å²) in [6, 6.07) is 12.0. The van der Waals surface area contributed by atoms with E-state index in [0.717, 1.165) is 107 Å². The number of amides is 4. The van der Waals surface area contributed by atoms with Crippen LogP contribution in [-0.2, 0) is 23.9 Å². The maximum Gasteiger partial charge on any atom is 0.271 e. The van der Waals surface area contributed by atoms with E-state index in [1.54, 1.807) is 48.7 Å². The molecular formula is C44H56N6O5S2. The number of ether oxygens (including phenoxy) is 1. The highest BCUT2D eigenvalue weighted by Crippen LogP contribution is 2.34. The molecule has 304 valence electrons. The molecule has 0 atom stereocenters. The molecule has 57 heavy (non-hydrogen) atoms. The molecule has 0 unspecified atom stereocenters. The third-order valence-corrected chi connectivity index (χ3v) is 12.3. The molecule has 4 heterocycles. The van der Waals surface area contributed by atoms with Gasteiger partial charge < -0.3 is 14.5 Å². The molecule has 2 aromatic rings. The molecule has 4 amide bonds. The SMILES string of the molecule is CCCCN(CCCC)c1ccc(/C=C2\C(=O)N(CCOCCN3C(=O)C(C#N)=C(C)/C(=C\c4ccc(N(CCCC)CCCC)s4)C3=O)C(=O)C(C#N)=C2C)s1. The summed E-state index contributed by atoms with van der Waals surface area (Å²) in [7, 11) is 0. The van der Waals surface area contributed by atoms with Crippen molar-refractivity contribution in [2.75, 3.05) is 62.3 Å². The Morgan fingerprint density at radius 3 is 1.26 bits per heavy atom. The summed E-state index contributed by atoms with van der Waals surface area (Å²) in [5.41, 5.74) is 1.01. The van der Waals surface area contributed by atoms with Gasteiger partial charge in [0.2, 0.25) is 0 Å². The number of hydrogen-bond acceptors (Lipinski definition) is 11. The summed E-state index contributed by atoms with van der Waals surface area (Å²) >= 11 is 3.15. The quantitative estimate of drug-likeness (QED) is 0.0651. The smallest absolute Gasteiger partial charge is 0.271 e. The normalized spacial score (nSPS) is 16.4. The molecule has 0 N–H and O–H groups in total. The second kappa shape index (κ2) is 22.2. The van der Waals surface area contributed by atoms with Gasteiger partial charge in [-0.2, -0.15) is 10.5 Å². The van der Waals surface area contributed by atoms with Crippen LogP contribution in [0.15, 0.2) is 57.7 Å². The predicted molar refractivity (Wildman–Crippen MR) is 230 cm³/mol. The third kappa shape index (κ3) is 11.2. The van der Waals surface area contributed by atoms with Crippen molar-refractivity contribution >= 4 is 68.5 Å². The van der Waals surface area contributed by atoms with Gasteiger partial charge in [-0.25, -0.2) is 0 Å². The van der Waals surface area contributed by atoms with Crippen molar-refractivity contribution in [1.82, 2.24) is 9.80 Å². The summed E-state index contributed by atoms with van der Waals surface area (Å²) in [6.45, 7) is 15.3. The number of imide groups is 2. The van der Waals surface area contributed by atoms with E-state index in [2.05, 4.69) is 49.6 Å². The second-order valence-corrected chi connectivity index (χ2v) is 16.4. The number of anilines is 2. The highest BCUT2D eigenvalue weighted by molar-refractivity contribution is 7.17. The molecule has 4 rings (SSSR count). The number of carbonyl (C=O) groups is 4. The van der Waals surface area contributed by atoms with E-state index >= 15 is 0 Å². The largest absolute Gasteiger partial charge is 0.378 e. The van der Waals surface area contributed by atoms with Gasteiger partial charge in [0.25, 0.3) is 23.6 Å². The summed E-state index contributed by atoms with van der Waals surface area (Å²) in [5, 5.41) is 22.0. The zero-order valence-electron chi connectivity index (χ0n) is 34.3. The topological polar surface area (TPSA) is 138 Å². The van der Waals surface area contributed by atoms with Crippen molar-refractivity contribution in [1.29, 1.82) is 10.5 Å². The first kappa shape index (κ1) is 44.9. The van der Waals surface area contributed by atoms with Crippen LogP contribution in [0, 0.1) is 22.7 Å². The lowest BCUT2D eigenvalue weighted by molar-refractivity contribution is -0.141. The standard InChI is InChI=1S/C44H56N6O5S2/c1-7-11-19-47(20-12-8-2)39-17-15-33(56-39)27-35-31(5)37(29-45)43(53)49(41(35)51)23-25-55-26-24-50-42(52)36(32(6)38(30-46)44(50)54)28-34-16-18-40(57-34)48(21-13-9-3)22-14-10-4/h15-18,27-28H,7-14,19-26H2,1-6H3/b35-27-,36-28+. The molecule has 13 heteroatoms. The van der Waals surface area contributed by atoms with Crippen LogP contribution in [-0.4, -0.2) is 85.9 Å². The molecule has 0 radical (unpaired) electrons. The number of nitrogens with zero attached hydrogens (tertiary/aromatic N) is 6. The molecule has 0 fully saturated rings. The van der Waals surface area contributed by atoms with Crippen molar-refractivity contribution < 1.29 is 23.9 Å². The number of carbonyl (C=O) groups excluding carboxylic acids is 4. The van der Waals surface area contributed by atoms with Crippen molar-refractivity contribution in [3.8, 4) is 12.1 Å². The van der Waals surface area contributed by atoms with Crippen LogP contribution in [0.3, 0.4) is 0 Å². The molecule has 2 aliphatic rings. The van der Waals surface area contributed by atoms with E-state index in [1.807, 2.05) is 24.3 Å². The summed E-state index contributed by atoms with van der Waals surface area (Å²) in [6.07, 6.45) is 12.2.